The van der Waals surface area contributed by atoms with Crippen molar-refractivity contribution < 1.29 is 14.3 Å². The van der Waals surface area contributed by atoms with Crippen LogP contribution < -0.4 is 14.8 Å². The molecular weight excluding hydrogens is 392 g/mol. The first kappa shape index (κ1) is 19.0. The van der Waals surface area contributed by atoms with Crippen molar-refractivity contribution in [2.75, 3.05) is 13.2 Å². The molecule has 1 atom stereocenters. The lowest BCUT2D eigenvalue weighted by Crippen LogP contribution is -2.33. The summed E-state index contributed by atoms with van der Waals surface area (Å²) in [6, 6.07) is 9.84. The van der Waals surface area contributed by atoms with E-state index in [2.05, 4.69) is 24.1 Å². The summed E-state index contributed by atoms with van der Waals surface area (Å²) in [5.41, 5.74) is 1.82. The van der Waals surface area contributed by atoms with E-state index in [1.165, 1.54) is 0 Å². The van der Waals surface area contributed by atoms with Crippen LogP contribution in [0.15, 0.2) is 41.1 Å². The second kappa shape index (κ2) is 8.32. The third kappa shape index (κ3) is 4.20. The Morgan fingerprint density at radius 1 is 1.18 bits per heavy atom. The van der Waals surface area contributed by atoms with Crippen LogP contribution in [0.2, 0.25) is 0 Å². The number of rotatable bonds is 6. The molecule has 1 N–H and O–H groups in total. The monoisotopic (exact) mass is 414 g/mol. The van der Waals surface area contributed by atoms with Crippen molar-refractivity contribution in [1.29, 1.82) is 0 Å². The van der Waals surface area contributed by atoms with Gasteiger partial charge >= 0.3 is 0 Å². The molecular formula is C21H22N2O3S2. The molecule has 1 aromatic carbocycles. The largest absolute Gasteiger partial charge is 0.486 e. The van der Waals surface area contributed by atoms with Crippen molar-refractivity contribution in [1.82, 2.24) is 10.3 Å². The quantitative estimate of drug-likeness (QED) is 0.635. The summed E-state index contributed by atoms with van der Waals surface area (Å²) in [6.45, 7) is 5.31. The van der Waals surface area contributed by atoms with Crippen LogP contribution in [0.4, 0.5) is 0 Å². The molecule has 0 saturated heterocycles. The minimum absolute atomic E-state index is 0.0309. The minimum atomic E-state index is -0.0984. The van der Waals surface area contributed by atoms with Gasteiger partial charge in [0.05, 0.1) is 23.0 Å². The molecule has 1 aliphatic heterocycles. The van der Waals surface area contributed by atoms with Crippen molar-refractivity contribution in [3.8, 4) is 21.4 Å². The van der Waals surface area contributed by atoms with Crippen LogP contribution in [-0.2, 0) is 11.2 Å². The van der Waals surface area contributed by atoms with Crippen LogP contribution in [0.25, 0.3) is 9.88 Å². The zero-order valence-electron chi connectivity index (χ0n) is 15.8. The summed E-state index contributed by atoms with van der Waals surface area (Å²) in [5, 5.41) is 8.12. The molecule has 1 aliphatic rings. The summed E-state index contributed by atoms with van der Waals surface area (Å²) in [5.74, 6) is 1.70. The van der Waals surface area contributed by atoms with Crippen LogP contribution in [0.3, 0.4) is 0 Å². The molecule has 1 unspecified atom stereocenters. The molecule has 7 heteroatoms. The number of ether oxygens (including phenoxy) is 2. The molecule has 0 bridgehead atoms. The maximum atomic E-state index is 12.7. The van der Waals surface area contributed by atoms with Crippen LogP contribution >= 0.6 is 22.7 Å². The van der Waals surface area contributed by atoms with E-state index in [9.17, 15) is 4.79 Å². The number of carbonyl (C=O) groups excluding carboxylic acids is 1. The third-order valence-corrected chi connectivity index (χ3v) is 6.46. The number of aromatic nitrogens is 1. The fraction of sp³-hybridized carbons (Fsp3) is 0.333. The van der Waals surface area contributed by atoms with Gasteiger partial charge < -0.3 is 14.8 Å². The number of amides is 1. The molecule has 0 fully saturated rings. The second-order valence-corrected chi connectivity index (χ2v) is 8.80. The molecule has 0 radical (unpaired) electrons. The van der Waals surface area contributed by atoms with Crippen molar-refractivity contribution in [2.45, 2.75) is 26.3 Å². The maximum absolute atomic E-state index is 12.7. The lowest BCUT2D eigenvalue weighted by molar-refractivity contribution is -0.121. The zero-order valence-corrected chi connectivity index (χ0v) is 17.4. The first-order valence-electron chi connectivity index (χ1n) is 9.27. The van der Waals surface area contributed by atoms with E-state index in [0.717, 1.165) is 32.6 Å². The summed E-state index contributed by atoms with van der Waals surface area (Å²) in [6.07, 6.45) is 0.273. The number of nitrogens with zero attached hydrogens (tertiary/aromatic N) is 1. The van der Waals surface area contributed by atoms with E-state index in [4.69, 9.17) is 9.47 Å². The molecule has 5 nitrogen and oxygen atoms in total. The molecule has 3 aromatic rings. The smallest absolute Gasteiger partial charge is 0.226 e. The number of thiazole rings is 1. The summed E-state index contributed by atoms with van der Waals surface area (Å²) < 4.78 is 11.3. The van der Waals surface area contributed by atoms with Gasteiger partial charge in [-0.2, -0.15) is 0 Å². The highest BCUT2D eigenvalue weighted by atomic mass is 32.1. The van der Waals surface area contributed by atoms with Crippen molar-refractivity contribution >= 4 is 28.6 Å². The third-order valence-electron chi connectivity index (χ3n) is 4.53. The van der Waals surface area contributed by atoms with Crippen LogP contribution in [0, 0.1) is 5.92 Å². The topological polar surface area (TPSA) is 60.5 Å². The van der Waals surface area contributed by atoms with Gasteiger partial charge in [0.25, 0.3) is 0 Å². The molecule has 28 heavy (non-hydrogen) atoms. The standard InChI is InChI=1S/C21H22N2O3S2/c1-13(2)20(14-5-6-16-17(10-14)26-8-7-25-16)23-19(24)11-15-12-28-21(22-15)18-4-3-9-27-18/h3-6,9-10,12-13,20H,7-8,11H2,1-2H3,(H,23,24). The highest BCUT2D eigenvalue weighted by Crippen LogP contribution is 2.34. The van der Waals surface area contributed by atoms with Crippen molar-refractivity contribution in [3.63, 3.8) is 0 Å². The van der Waals surface area contributed by atoms with Crippen molar-refractivity contribution in [2.24, 2.45) is 5.92 Å². The predicted molar refractivity (Wildman–Crippen MR) is 112 cm³/mol. The summed E-state index contributed by atoms with van der Waals surface area (Å²) in [7, 11) is 0. The van der Waals surface area contributed by atoms with Crippen LogP contribution in [0.5, 0.6) is 11.5 Å². The van der Waals surface area contributed by atoms with Gasteiger partial charge in [0.2, 0.25) is 5.91 Å². The zero-order chi connectivity index (χ0) is 19.5. The number of hydrogen-bond donors (Lipinski definition) is 1. The molecule has 2 aromatic heterocycles. The predicted octanol–water partition coefficient (Wildman–Crippen LogP) is 4.70. The number of benzene rings is 1. The lowest BCUT2D eigenvalue weighted by atomic mass is 9.95. The number of carbonyl (C=O) groups is 1. The number of thiophene rings is 1. The maximum Gasteiger partial charge on any atom is 0.226 e. The van der Waals surface area contributed by atoms with E-state index in [0.29, 0.717) is 13.2 Å². The first-order chi connectivity index (χ1) is 13.6. The van der Waals surface area contributed by atoms with Crippen LogP contribution in [-0.4, -0.2) is 24.1 Å². The van der Waals surface area contributed by atoms with Gasteiger partial charge in [-0.15, -0.1) is 22.7 Å². The number of hydrogen-bond acceptors (Lipinski definition) is 6. The van der Waals surface area contributed by atoms with Gasteiger partial charge in [0.1, 0.15) is 18.2 Å². The van der Waals surface area contributed by atoms with Gasteiger partial charge in [-0.1, -0.05) is 26.0 Å². The van der Waals surface area contributed by atoms with Gasteiger partial charge in [-0.05, 0) is 35.1 Å². The van der Waals surface area contributed by atoms with Gasteiger partial charge in [-0.3, -0.25) is 4.79 Å². The number of nitrogens with one attached hydrogen (secondary N) is 1. The highest BCUT2D eigenvalue weighted by molar-refractivity contribution is 7.20. The van der Waals surface area contributed by atoms with Gasteiger partial charge in [-0.25, -0.2) is 4.98 Å². The van der Waals surface area contributed by atoms with E-state index >= 15 is 0 Å². The average molecular weight is 415 g/mol. The van der Waals surface area contributed by atoms with E-state index < -0.39 is 0 Å². The van der Waals surface area contributed by atoms with E-state index in [1.54, 1.807) is 22.7 Å². The van der Waals surface area contributed by atoms with Gasteiger partial charge in [0.15, 0.2) is 11.5 Å². The van der Waals surface area contributed by atoms with Gasteiger partial charge in [0, 0.05) is 5.38 Å². The van der Waals surface area contributed by atoms with Crippen molar-refractivity contribution in [3.05, 3.63) is 52.3 Å². The summed E-state index contributed by atoms with van der Waals surface area (Å²) in [4.78, 5) is 18.4. The molecule has 0 aliphatic carbocycles. The molecule has 1 amide bonds. The van der Waals surface area contributed by atoms with E-state index in [-0.39, 0.29) is 24.3 Å². The lowest BCUT2D eigenvalue weighted by Gasteiger charge is -2.25. The second-order valence-electron chi connectivity index (χ2n) is 6.99. The Labute approximate surface area is 172 Å². The van der Waals surface area contributed by atoms with E-state index in [1.807, 2.05) is 41.1 Å². The fourth-order valence-electron chi connectivity index (χ4n) is 3.18. The highest BCUT2D eigenvalue weighted by Gasteiger charge is 2.22. The minimum Gasteiger partial charge on any atom is -0.486 e. The van der Waals surface area contributed by atoms with Crippen LogP contribution in [0.1, 0.15) is 31.1 Å². The normalized spacial score (nSPS) is 14.1. The molecule has 0 spiro atoms. The Morgan fingerprint density at radius 3 is 2.75 bits per heavy atom. The molecule has 146 valence electrons. The Kier molecular flexibility index (Phi) is 5.64. The average Bonchev–Trinajstić information content (AvgIpc) is 3.37. The Hall–Kier alpha value is -2.38. The fourth-order valence-corrected chi connectivity index (χ4v) is 4.81. The Bertz CT molecular complexity index is 950. The first-order valence-corrected chi connectivity index (χ1v) is 11.0. The SMILES string of the molecule is CC(C)C(NC(=O)Cc1csc(-c2cccs2)n1)c1ccc2c(c1)OCCO2. The Morgan fingerprint density at radius 2 is 2.00 bits per heavy atom. The Balaban J connectivity index is 1.45. The summed E-state index contributed by atoms with van der Waals surface area (Å²) >= 11 is 3.23. The number of fused-ring (bicyclic) bond motifs is 1. The molecule has 0 saturated carbocycles. The molecule has 3 heterocycles. The molecule has 4 rings (SSSR count).